The van der Waals surface area contributed by atoms with Crippen molar-refractivity contribution in [3.05, 3.63) is 54.1 Å². The smallest absolute Gasteiger partial charge is 0.261 e. The molecule has 1 atom stereocenters. The second-order valence-electron chi connectivity index (χ2n) is 6.25. The molecule has 0 aromatic heterocycles. The number of nitrogens with one attached hydrogen (secondary N) is 3. The number of anilines is 1. The minimum atomic E-state index is -3.71. The first-order valence-corrected chi connectivity index (χ1v) is 10.3. The average molecular weight is 389 g/mol. The topological polar surface area (TPSA) is 96.5 Å². The lowest BCUT2D eigenvalue weighted by Gasteiger charge is -2.12. The summed E-state index contributed by atoms with van der Waals surface area (Å²) >= 11 is 0. The summed E-state index contributed by atoms with van der Waals surface area (Å²) in [5.41, 5.74) is 0.883. The van der Waals surface area contributed by atoms with Gasteiger partial charge in [0.25, 0.3) is 15.9 Å². The average Bonchev–Trinajstić information content (AvgIpc) is 3.16. The van der Waals surface area contributed by atoms with Crippen LogP contribution in [0, 0.1) is 0 Å². The van der Waals surface area contributed by atoms with E-state index in [-0.39, 0.29) is 16.8 Å². The van der Waals surface area contributed by atoms with Gasteiger partial charge < -0.3 is 15.4 Å². The first kappa shape index (κ1) is 19.2. The minimum absolute atomic E-state index is 0.135. The Morgan fingerprint density at radius 2 is 1.85 bits per heavy atom. The molecule has 0 radical (unpaired) electrons. The van der Waals surface area contributed by atoms with Crippen molar-refractivity contribution in [3.63, 3.8) is 0 Å². The van der Waals surface area contributed by atoms with Crippen LogP contribution in [0.1, 0.15) is 23.7 Å². The van der Waals surface area contributed by atoms with Crippen LogP contribution in [-0.2, 0) is 10.0 Å². The molecule has 7 nitrogen and oxygen atoms in total. The molecule has 1 fully saturated rings. The number of carbonyl (C=O) groups is 1. The van der Waals surface area contributed by atoms with Gasteiger partial charge in [-0.05, 0) is 68.4 Å². The Morgan fingerprint density at radius 1 is 1.15 bits per heavy atom. The van der Waals surface area contributed by atoms with E-state index >= 15 is 0 Å². The van der Waals surface area contributed by atoms with E-state index in [2.05, 4.69) is 15.4 Å². The highest BCUT2D eigenvalue weighted by atomic mass is 32.2. The summed E-state index contributed by atoms with van der Waals surface area (Å²) in [5.74, 6) is 0.453. The van der Waals surface area contributed by atoms with Gasteiger partial charge in [0.1, 0.15) is 5.75 Å². The zero-order valence-electron chi connectivity index (χ0n) is 15.1. The van der Waals surface area contributed by atoms with E-state index in [9.17, 15) is 13.2 Å². The molecule has 0 bridgehead atoms. The van der Waals surface area contributed by atoms with Crippen molar-refractivity contribution in [2.24, 2.45) is 0 Å². The summed E-state index contributed by atoms with van der Waals surface area (Å²) in [6.07, 6.45) is 0.908. The Labute approximate surface area is 159 Å². The molecule has 0 saturated carbocycles. The van der Waals surface area contributed by atoms with Crippen LogP contribution in [0.15, 0.2) is 53.4 Å². The fourth-order valence-electron chi connectivity index (χ4n) is 2.83. The third-order valence-corrected chi connectivity index (χ3v) is 5.64. The van der Waals surface area contributed by atoms with Crippen LogP contribution >= 0.6 is 0 Å². The van der Waals surface area contributed by atoms with E-state index in [1.54, 1.807) is 36.4 Å². The number of sulfonamides is 1. The lowest BCUT2D eigenvalue weighted by molar-refractivity contribution is 0.0940. The molecule has 1 aliphatic rings. The maximum atomic E-state index is 12.5. The van der Waals surface area contributed by atoms with Crippen molar-refractivity contribution >= 4 is 21.6 Å². The molecule has 2 aromatic carbocycles. The van der Waals surface area contributed by atoms with Gasteiger partial charge in [0.05, 0.1) is 11.5 Å². The summed E-state index contributed by atoms with van der Waals surface area (Å²) in [4.78, 5) is 12.4. The highest BCUT2D eigenvalue weighted by molar-refractivity contribution is 7.92. The van der Waals surface area contributed by atoms with Gasteiger partial charge >= 0.3 is 0 Å². The number of carbonyl (C=O) groups excluding carboxylic acids is 1. The molecule has 3 rings (SSSR count). The van der Waals surface area contributed by atoms with Gasteiger partial charge in [-0.2, -0.15) is 0 Å². The molecule has 0 spiro atoms. The molecule has 8 heteroatoms. The van der Waals surface area contributed by atoms with E-state index in [4.69, 9.17) is 4.74 Å². The Morgan fingerprint density at radius 3 is 2.44 bits per heavy atom. The molecule has 1 aliphatic heterocycles. The second-order valence-corrected chi connectivity index (χ2v) is 7.93. The first-order valence-electron chi connectivity index (χ1n) is 8.85. The number of amides is 1. The largest absolute Gasteiger partial charge is 0.494 e. The quantitative estimate of drug-likeness (QED) is 0.673. The summed E-state index contributed by atoms with van der Waals surface area (Å²) in [5, 5.41) is 6.14. The lowest BCUT2D eigenvalue weighted by atomic mass is 10.1. The lowest BCUT2D eigenvalue weighted by Crippen LogP contribution is -2.36. The Hall–Kier alpha value is -2.58. The fraction of sp³-hybridized carbons (Fsp3) is 0.316. The number of rotatable bonds is 7. The SMILES string of the molecule is CCOc1ccc(S(=O)(=O)Nc2ccc(C(=O)NC3CCNC3)cc2)cc1. The number of hydrogen-bond acceptors (Lipinski definition) is 5. The number of benzene rings is 2. The predicted molar refractivity (Wildman–Crippen MR) is 104 cm³/mol. The number of hydrogen-bond donors (Lipinski definition) is 3. The maximum absolute atomic E-state index is 12.5. The van der Waals surface area contributed by atoms with Gasteiger partial charge in [0, 0.05) is 23.8 Å². The van der Waals surface area contributed by atoms with Crippen molar-refractivity contribution in [1.82, 2.24) is 10.6 Å². The van der Waals surface area contributed by atoms with Gasteiger partial charge in [0.15, 0.2) is 0 Å². The summed E-state index contributed by atoms with van der Waals surface area (Å²) in [7, 11) is -3.71. The highest BCUT2D eigenvalue weighted by Crippen LogP contribution is 2.20. The normalized spacial score (nSPS) is 16.7. The van der Waals surface area contributed by atoms with E-state index in [1.165, 1.54) is 12.1 Å². The zero-order valence-corrected chi connectivity index (χ0v) is 15.9. The molecule has 2 aromatic rings. The van der Waals surface area contributed by atoms with Gasteiger partial charge in [-0.25, -0.2) is 8.42 Å². The van der Waals surface area contributed by atoms with E-state index in [0.29, 0.717) is 23.6 Å². The third-order valence-electron chi connectivity index (χ3n) is 4.24. The number of ether oxygens (including phenoxy) is 1. The van der Waals surface area contributed by atoms with Gasteiger partial charge in [-0.15, -0.1) is 0 Å². The Bertz CT molecular complexity index is 874. The molecule has 0 aliphatic carbocycles. The molecule has 1 amide bonds. The summed E-state index contributed by atoms with van der Waals surface area (Å²) in [6.45, 7) is 4.05. The summed E-state index contributed by atoms with van der Waals surface area (Å²) in [6, 6.07) is 12.7. The maximum Gasteiger partial charge on any atom is 0.261 e. The molecule has 1 heterocycles. The van der Waals surface area contributed by atoms with Gasteiger partial charge in [0.2, 0.25) is 0 Å². The van der Waals surface area contributed by atoms with Gasteiger partial charge in [-0.1, -0.05) is 0 Å². The van der Waals surface area contributed by atoms with Crippen molar-refractivity contribution in [1.29, 1.82) is 0 Å². The minimum Gasteiger partial charge on any atom is -0.494 e. The van der Waals surface area contributed by atoms with E-state index in [0.717, 1.165) is 19.5 Å². The van der Waals surface area contributed by atoms with Crippen molar-refractivity contribution in [2.75, 3.05) is 24.4 Å². The highest BCUT2D eigenvalue weighted by Gasteiger charge is 2.18. The first-order chi connectivity index (χ1) is 13.0. The molecule has 27 heavy (non-hydrogen) atoms. The van der Waals surface area contributed by atoms with Crippen LogP contribution in [-0.4, -0.2) is 40.1 Å². The van der Waals surface area contributed by atoms with Gasteiger partial charge in [-0.3, -0.25) is 9.52 Å². The monoisotopic (exact) mass is 389 g/mol. The van der Waals surface area contributed by atoms with E-state index < -0.39 is 10.0 Å². The third kappa shape index (κ3) is 4.99. The van der Waals surface area contributed by atoms with Crippen molar-refractivity contribution in [3.8, 4) is 5.75 Å². The van der Waals surface area contributed by atoms with Crippen LogP contribution in [0.3, 0.4) is 0 Å². The van der Waals surface area contributed by atoms with Crippen LogP contribution < -0.4 is 20.1 Å². The van der Waals surface area contributed by atoms with Crippen molar-refractivity contribution in [2.45, 2.75) is 24.3 Å². The standard InChI is InChI=1S/C19H23N3O4S/c1-2-26-17-7-9-18(10-8-17)27(24,25)22-15-5-3-14(4-6-15)19(23)21-16-11-12-20-13-16/h3-10,16,20,22H,2,11-13H2,1H3,(H,21,23). The Kier molecular flexibility index (Phi) is 5.98. The van der Waals surface area contributed by atoms with Crippen LogP contribution in [0.25, 0.3) is 0 Å². The molecule has 3 N–H and O–H groups in total. The zero-order chi connectivity index (χ0) is 19.3. The second kappa shape index (κ2) is 8.41. The molecule has 1 saturated heterocycles. The Balaban J connectivity index is 1.65. The molecule has 1 unspecified atom stereocenters. The predicted octanol–water partition coefficient (Wildman–Crippen LogP) is 1.98. The van der Waals surface area contributed by atoms with Crippen LogP contribution in [0.5, 0.6) is 5.75 Å². The fourth-order valence-corrected chi connectivity index (χ4v) is 3.89. The van der Waals surface area contributed by atoms with Crippen LogP contribution in [0.2, 0.25) is 0 Å². The molecular weight excluding hydrogens is 366 g/mol. The van der Waals surface area contributed by atoms with Crippen LogP contribution in [0.4, 0.5) is 5.69 Å². The van der Waals surface area contributed by atoms with Crippen molar-refractivity contribution < 1.29 is 17.9 Å². The molecule has 144 valence electrons. The van der Waals surface area contributed by atoms with E-state index in [1.807, 2.05) is 6.92 Å². The molecular formula is C19H23N3O4S. The summed E-state index contributed by atoms with van der Waals surface area (Å²) < 4.78 is 32.8.